The van der Waals surface area contributed by atoms with Gasteiger partial charge in [-0.1, -0.05) is 18.5 Å². The summed E-state index contributed by atoms with van der Waals surface area (Å²) in [5.74, 6) is -0.598. The maximum atomic E-state index is 12.5. The maximum absolute atomic E-state index is 12.5. The summed E-state index contributed by atoms with van der Waals surface area (Å²) in [5, 5.41) is -0.582. The van der Waals surface area contributed by atoms with Gasteiger partial charge in [-0.15, -0.1) is 0 Å². The van der Waals surface area contributed by atoms with E-state index in [1.54, 1.807) is 6.92 Å². The van der Waals surface area contributed by atoms with Crippen LogP contribution in [0.15, 0.2) is 12.1 Å². The Morgan fingerprint density at radius 1 is 1.39 bits per heavy atom. The number of alkyl halides is 3. The van der Waals surface area contributed by atoms with Gasteiger partial charge in [0.1, 0.15) is 5.82 Å². The second kappa shape index (κ2) is 5.31. The van der Waals surface area contributed by atoms with E-state index in [0.717, 1.165) is 12.1 Å². The van der Waals surface area contributed by atoms with Crippen LogP contribution < -0.4 is 4.72 Å². The summed E-state index contributed by atoms with van der Waals surface area (Å²) in [4.78, 5) is 3.16. The Hall–Kier alpha value is -1.02. The first-order valence-corrected chi connectivity index (χ1v) is 6.93. The number of halogens is 4. The van der Waals surface area contributed by atoms with E-state index in [-0.39, 0.29) is 5.75 Å². The van der Waals surface area contributed by atoms with E-state index in [1.165, 1.54) is 0 Å². The predicted octanol–water partition coefficient (Wildman–Crippen LogP) is 2.91. The molecule has 0 fully saturated rings. The molecule has 0 atom stereocenters. The van der Waals surface area contributed by atoms with Gasteiger partial charge in [0.2, 0.25) is 10.0 Å². The molecule has 0 bridgehead atoms. The lowest BCUT2D eigenvalue weighted by molar-refractivity contribution is -0.140. The highest BCUT2D eigenvalue weighted by Gasteiger charge is 2.35. The molecule has 0 aliphatic heterocycles. The van der Waals surface area contributed by atoms with Gasteiger partial charge in [0.25, 0.3) is 0 Å². The van der Waals surface area contributed by atoms with E-state index in [1.807, 2.05) is 4.72 Å². The molecule has 0 unspecified atom stereocenters. The molecule has 0 saturated carbocycles. The van der Waals surface area contributed by atoms with Gasteiger partial charge in [-0.3, -0.25) is 4.72 Å². The number of pyridine rings is 1. The van der Waals surface area contributed by atoms with Crippen molar-refractivity contribution in [3.63, 3.8) is 0 Å². The number of sulfonamides is 1. The van der Waals surface area contributed by atoms with Crippen LogP contribution in [-0.2, 0) is 16.2 Å². The minimum atomic E-state index is -4.73. The number of hydrogen-bond donors (Lipinski definition) is 1. The highest BCUT2D eigenvalue weighted by atomic mass is 35.5. The van der Waals surface area contributed by atoms with Crippen LogP contribution in [0.25, 0.3) is 0 Å². The van der Waals surface area contributed by atoms with Gasteiger partial charge in [0.15, 0.2) is 5.69 Å². The molecular formula is C9H10ClF3N2O2S. The van der Waals surface area contributed by atoms with Crippen molar-refractivity contribution in [1.29, 1.82) is 0 Å². The van der Waals surface area contributed by atoms with E-state index in [2.05, 4.69) is 4.98 Å². The van der Waals surface area contributed by atoms with Crippen LogP contribution in [0.2, 0.25) is 5.02 Å². The standard InChI is InChI=1S/C9H10ClF3N2O2S/c1-2-5-18(16,17)15-7-4-3-6(10)8(14-7)9(11,12)13/h3-4H,2,5H2,1H3,(H,14,15). The Morgan fingerprint density at radius 3 is 2.50 bits per heavy atom. The van der Waals surface area contributed by atoms with Crippen LogP contribution in [0, 0.1) is 0 Å². The van der Waals surface area contributed by atoms with Crippen molar-refractivity contribution in [2.75, 3.05) is 10.5 Å². The topological polar surface area (TPSA) is 59.1 Å². The third-order valence-electron chi connectivity index (χ3n) is 1.85. The molecule has 9 heteroatoms. The molecule has 0 amide bonds. The third kappa shape index (κ3) is 4.02. The lowest BCUT2D eigenvalue weighted by Crippen LogP contribution is -2.18. The molecule has 0 spiro atoms. The summed E-state index contributed by atoms with van der Waals surface area (Å²) in [7, 11) is -3.68. The molecular weight excluding hydrogens is 293 g/mol. The van der Waals surface area contributed by atoms with Gasteiger partial charge in [0, 0.05) is 0 Å². The highest BCUT2D eigenvalue weighted by Crippen LogP contribution is 2.33. The van der Waals surface area contributed by atoms with Crippen molar-refractivity contribution in [1.82, 2.24) is 4.98 Å². The average molecular weight is 303 g/mol. The first kappa shape index (κ1) is 15.0. The van der Waals surface area contributed by atoms with Crippen molar-refractivity contribution in [2.24, 2.45) is 0 Å². The summed E-state index contributed by atoms with van der Waals surface area (Å²) in [6.45, 7) is 1.63. The number of anilines is 1. The Kier molecular flexibility index (Phi) is 4.44. The summed E-state index contributed by atoms with van der Waals surface area (Å²) in [6.07, 6.45) is -4.39. The fourth-order valence-electron chi connectivity index (χ4n) is 1.18. The zero-order valence-electron chi connectivity index (χ0n) is 9.25. The molecule has 0 radical (unpaired) electrons. The normalized spacial score (nSPS) is 12.5. The minimum absolute atomic E-state index is 0.196. The predicted molar refractivity (Wildman–Crippen MR) is 61.9 cm³/mol. The molecule has 1 rings (SSSR count). The van der Waals surface area contributed by atoms with Gasteiger partial charge in [0.05, 0.1) is 10.8 Å². The summed E-state index contributed by atoms with van der Waals surface area (Å²) >= 11 is 5.35. The monoisotopic (exact) mass is 302 g/mol. The number of aromatic nitrogens is 1. The van der Waals surface area contributed by atoms with Crippen molar-refractivity contribution in [3.05, 3.63) is 22.8 Å². The van der Waals surface area contributed by atoms with Gasteiger partial charge in [-0.2, -0.15) is 13.2 Å². The second-order valence-corrected chi connectivity index (χ2v) is 5.69. The molecule has 102 valence electrons. The number of nitrogens with one attached hydrogen (secondary N) is 1. The molecule has 0 aliphatic carbocycles. The van der Waals surface area contributed by atoms with Gasteiger partial charge < -0.3 is 0 Å². The summed E-state index contributed by atoms with van der Waals surface area (Å²) < 4.78 is 62.2. The summed E-state index contributed by atoms with van der Waals surface area (Å²) in [5.41, 5.74) is -1.32. The molecule has 1 aromatic rings. The van der Waals surface area contributed by atoms with Crippen molar-refractivity contribution >= 4 is 27.4 Å². The third-order valence-corrected chi connectivity index (χ3v) is 3.62. The van der Waals surface area contributed by atoms with Crippen LogP contribution in [0.1, 0.15) is 19.0 Å². The van der Waals surface area contributed by atoms with E-state index >= 15 is 0 Å². The Bertz CT molecular complexity index is 531. The van der Waals surface area contributed by atoms with Crippen molar-refractivity contribution in [2.45, 2.75) is 19.5 Å². The van der Waals surface area contributed by atoms with Crippen LogP contribution >= 0.6 is 11.6 Å². The molecule has 1 N–H and O–H groups in total. The maximum Gasteiger partial charge on any atom is 0.434 e. The Labute approximate surface area is 107 Å². The molecule has 0 aromatic carbocycles. The zero-order chi connectivity index (χ0) is 14.0. The quantitative estimate of drug-likeness (QED) is 0.930. The number of hydrogen-bond acceptors (Lipinski definition) is 3. The van der Waals surface area contributed by atoms with Crippen molar-refractivity contribution in [3.8, 4) is 0 Å². The van der Waals surface area contributed by atoms with E-state index in [0.29, 0.717) is 6.42 Å². The minimum Gasteiger partial charge on any atom is -0.267 e. The van der Waals surface area contributed by atoms with E-state index in [4.69, 9.17) is 11.6 Å². The van der Waals surface area contributed by atoms with E-state index in [9.17, 15) is 21.6 Å². The number of nitrogens with zero attached hydrogens (tertiary/aromatic N) is 1. The Balaban J connectivity index is 3.07. The first-order valence-electron chi connectivity index (χ1n) is 4.90. The number of rotatable bonds is 4. The lowest BCUT2D eigenvalue weighted by Gasteiger charge is -2.11. The van der Waals surface area contributed by atoms with Gasteiger partial charge in [-0.05, 0) is 18.6 Å². The largest absolute Gasteiger partial charge is 0.434 e. The Morgan fingerprint density at radius 2 is 2.00 bits per heavy atom. The average Bonchev–Trinajstić information content (AvgIpc) is 2.18. The van der Waals surface area contributed by atoms with E-state index < -0.39 is 32.7 Å². The molecule has 0 aliphatic rings. The van der Waals surface area contributed by atoms with Gasteiger partial charge >= 0.3 is 6.18 Å². The second-order valence-electron chi connectivity index (χ2n) is 3.45. The lowest BCUT2D eigenvalue weighted by atomic mass is 10.3. The zero-order valence-corrected chi connectivity index (χ0v) is 10.8. The van der Waals surface area contributed by atoms with Crippen molar-refractivity contribution < 1.29 is 21.6 Å². The first-order chi connectivity index (χ1) is 8.15. The smallest absolute Gasteiger partial charge is 0.267 e. The fraction of sp³-hybridized carbons (Fsp3) is 0.444. The molecule has 1 heterocycles. The van der Waals surface area contributed by atoms with Crippen LogP contribution in [0.5, 0.6) is 0 Å². The van der Waals surface area contributed by atoms with Crippen LogP contribution in [-0.4, -0.2) is 19.2 Å². The highest BCUT2D eigenvalue weighted by molar-refractivity contribution is 7.92. The molecule has 18 heavy (non-hydrogen) atoms. The van der Waals surface area contributed by atoms with Crippen LogP contribution in [0.4, 0.5) is 19.0 Å². The SMILES string of the molecule is CCCS(=O)(=O)Nc1ccc(Cl)c(C(F)(F)F)n1. The molecule has 1 aromatic heterocycles. The fourth-order valence-corrected chi connectivity index (χ4v) is 2.46. The molecule has 0 saturated heterocycles. The molecule has 4 nitrogen and oxygen atoms in total. The summed E-state index contributed by atoms with van der Waals surface area (Å²) in [6, 6.07) is 2.02. The van der Waals surface area contributed by atoms with Gasteiger partial charge in [-0.25, -0.2) is 13.4 Å². The van der Waals surface area contributed by atoms with Crippen LogP contribution in [0.3, 0.4) is 0 Å².